The fourth-order valence-electron chi connectivity index (χ4n) is 3.39. The van der Waals surface area contributed by atoms with E-state index in [0.717, 1.165) is 24.1 Å². The maximum absolute atomic E-state index is 13.5. The van der Waals surface area contributed by atoms with E-state index in [9.17, 15) is 14.0 Å². The summed E-state index contributed by atoms with van der Waals surface area (Å²) < 4.78 is 18.8. The number of hydrogen-bond acceptors (Lipinski definition) is 3. The predicted octanol–water partition coefficient (Wildman–Crippen LogP) is 3.14. The third-order valence-corrected chi connectivity index (χ3v) is 4.65. The van der Waals surface area contributed by atoms with Gasteiger partial charge in [-0.25, -0.2) is 4.39 Å². The molecule has 2 aromatic rings. The summed E-state index contributed by atoms with van der Waals surface area (Å²) in [6.07, 6.45) is 1.51. The molecule has 0 spiro atoms. The Balaban J connectivity index is 1.72. The van der Waals surface area contributed by atoms with Crippen LogP contribution >= 0.6 is 0 Å². The molecule has 128 valence electrons. The van der Waals surface area contributed by atoms with Gasteiger partial charge < -0.3 is 15.0 Å². The summed E-state index contributed by atoms with van der Waals surface area (Å²) in [4.78, 5) is 26.3. The number of amides is 2. The van der Waals surface area contributed by atoms with E-state index in [1.807, 2.05) is 6.92 Å². The number of aryl methyl sites for hydroxylation is 1. The predicted molar refractivity (Wildman–Crippen MR) is 91.6 cm³/mol. The second-order valence-corrected chi connectivity index (χ2v) is 6.38. The maximum Gasteiger partial charge on any atom is 0.262 e. The van der Waals surface area contributed by atoms with Gasteiger partial charge in [0, 0.05) is 17.3 Å². The van der Waals surface area contributed by atoms with E-state index in [-0.39, 0.29) is 30.3 Å². The second-order valence-electron chi connectivity index (χ2n) is 6.38. The van der Waals surface area contributed by atoms with E-state index in [4.69, 9.17) is 4.74 Å². The summed E-state index contributed by atoms with van der Waals surface area (Å²) in [7, 11) is 0. The van der Waals surface area contributed by atoms with Crippen molar-refractivity contribution in [2.24, 2.45) is 0 Å². The fraction of sp³-hybridized carbons (Fsp3) is 0.263. The lowest BCUT2D eigenvalue weighted by Crippen LogP contribution is -2.42. The van der Waals surface area contributed by atoms with Crippen molar-refractivity contribution in [2.45, 2.75) is 25.8 Å². The van der Waals surface area contributed by atoms with Gasteiger partial charge in [0.05, 0.1) is 5.69 Å². The van der Waals surface area contributed by atoms with Crippen molar-refractivity contribution in [1.29, 1.82) is 0 Å². The minimum atomic E-state index is -0.297. The Kier molecular flexibility index (Phi) is 3.67. The van der Waals surface area contributed by atoms with Gasteiger partial charge in [0.15, 0.2) is 6.61 Å². The average molecular weight is 340 g/mol. The first-order valence-corrected chi connectivity index (χ1v) is 8.21. The Hall–Kier alpha value is -2.89. The van der Waals surface area contributed by atoms with Crippen LogP contribution in [0.4, 0.5) is 15.8 Å². The van der Waals surface area contributed by atoms with Crippen LogP contribution in [0.25, 0.3) is 0 Å². The molecule has 2 aromatic carbocycles. The van der Waals surface area contributed by atoms with Gasteiger partial charge in [0.2, 0.25) is 0 Å². The van der Waals surface area contributed by atoms with Gasteiger partial charge in [-0.3, -0.25) is 9.59 Å². The van der Waals surface area contributed by atoms with Crippen molar-refractivity contribution in [1.82, 2.24) is 0 Å². The molecule has 2 amide bonds. The van der Waals surface area contributed by atoms with E-state index in [2.05, 4.69) is 5.32 Å². The second kappa shape index (κ2) is 5.88. The summed E-state index contributed by atoms with van der Waals surface area (Å²) in [5.41, 5.74) is 2.52. The molecule has 0 aliphatic carbocycles. The number of ether oxygens (including phenoxy) is 1. The molecular formula is C19H17FN2O3. The molecule has 5 nitrogen and oxygen atoms in total. The molecule has 0 bridgehead atoms. The zero-order valence-corrected chi connectivity index (χ0v) is 13.7. The van der Waals surface area contributed by atoms with Crippen molar-refractivity contribution < 1.29 is 18.7 Å². The maximum atomic E-state index is 13.5. The van der Waals surface area contributed by atoms with Crippen molar-refractivity contribution in [2.75, 3.05) is 16.8 Å². The lowest BCUT2D eigenvalue weighted by Gasteiger charge is -2.35. The zero-order chi connectivity index (χ0) is 17.6. The third kappa shape index (κ3) is 2.73. The molecule has 1 N–H and O–H groups in total. The van der Waals surface area contributed by atoms with Crippen molar-refractivity contribution in [3.8, 4) is 5.75 Å². The van der Waals surface area contributed by atoms with E-state index < -0.39 is 0 Å². The number of benzene rings is 2. The number of hydrogen-bond donors (Lipinski definition) is 1. The Bertz CT molecular complexity index is 881. The fourth-order valence-corrected chi connectivity index (χ4v) is 3.39. The topological polar surface area (TPSA) is 58.6 Å². The summed E-state index contributed by atoms with van der Waals surface area (Å²) in [6, 6.07) is 9.51. The molecule has 2 aliphatic heterocycles. The van der Waals surface area contributed by atoms with Crippen LogP contribution in [0.2, 0.25) is 0 Å². The van der Waals surface area contributed by atoms with Crippen LogP contribution < -0.4 is 15.0 Å². The van der Waals surface area contributed by atoms with Crippen LogP contribution in [-0.4, -0.2) is 24.5 Å². The van der Waals surface area contributed by atoms with Gasteiger partial charge in [0.1, 0.15) is 11.6 Å². The van der Waals surface area contributed by atoms with Crippen LogP contribution in [0.5, 0.6) is 5.75 Å². The Labute approximate surface area is 144 Å². The Morgan fingerprint density at radius 1 is 1.28 bits per heavy atom. The van der Waals surface area contributed by atoms with Gasteiger partial charge in [-0.15, -0.1) is 0 Å². The highest BCUT2D eigenvalue weighted by Crippen LogP contribution is 2.34. The van der Waals surface area contributed by atoms with Crippen LogP contribution in [-0.2, 0) is 11.2 Å². The van der Waals surface area contributed by atoms with Gasteiger partial charge in [-0.2, -0.15) is 0 Å². The first-order chi connectivity index (χ1) is 12.0. The molecule has 1 atom stereocenters. The number of rotatable bonds is 1. The molecule has 0 unspecified atom stereocenters. The number of anilines is 2. The molecule has 4 rings (SSSR count). The molecule has 6 heteroatoms. The number of fused-ring (bicyclic) bond motifs is 2. The van der Waals surface area contributed by atoms with Crippen LogP contribution in [0.3, 0.4) is 0 Å². The number of carbonyl (C=O) groups is 2. The quantitative estimate of drug-likeness (QED) is 0.868. The minimum absolute atomic E-state index is 0.00679. The molecule has 25 heavy (non-hydrogen) atoms. The number of carbonyl (C=O) groups excluding carboxylic acids is 2. The summed E-state index contributed by atoms with van der Waals surface area (Å²) in [5.74, 6) is -0.174. The van der Waals surface area contributed by atoms with Crippen LogP contribution in [0, 0.1) is 5.82 Å². The molecule has 0 saturated heterocycles. The van der Waals surface area contributed by atoms with E-state index >= 15 is 0 Å². The Morgan fingerprint density at radius 3 is 2.96 bits per heavy atom. The Morgan fingerprint density at radius 2 is 2.12 bits per heavy atom. The molecule has 0 saturated carbocycles. The lowest BCUT2D eigenvalue weighted by molar-refractivity contribution is -0.118. The number of halogens is 1. The molecule has 2 heterocycles. The first kappa shape index (κ1) is 15.6. The van der Waals surface area contributed by atoms with Crippen molar-refractivity contribution >= 4 is 23.2 Å². The minimum Gasteiger partial charge on any atom is -0.482 e. The standard InChI is InChI=1S/C19H17FN2O3/c1-11-2-3-12-8-14(20)5-6-16(12)22(11)19(24)13-4-7-17-15(9-13)21-18(23)10-25-17/h4-9,11H,2-3,10H2,1H3,(H,21,23)/t11-/m0/s1. The van der Waals surface area contributed by atoms with E-state index in [1.165, 1.54) is 12.1 Å². The molecule has 0 aromatic heterocycles. The number of nitrogens with one attached hydrogen (secondary N) is 1. The van der Waals surface area contributed by atoms with Crippen LogP contribution in [0.1, 0.15) is 29.3 Å². The highest BCUT2D eigenvalue weighted by molar-refractivity contribution is 6.08. The summed E-state index contributed by atoms with van der Waals surface area (Å²) in [6.45, 7) is 1.95. The monoisotopic (exact) mass is 340 g/mol. The zero-order valence-electron chi connectivity index (χ0n) is 13.7. The van der Waals surface area contributed by atoms with Gasteiger partial charge in [-0.1, -0.05) is 0 Å². The summed E-state index contributed by atoms with van der Waals surface area (Å²) >= 11 is 0. The molecular weight excluding hydrogens is 323 g/mol. The highest BCUT2D eigenvalue weighted by atomic mass is 19.1. The highest BCUT2D eigenvalue weighted by Gasteiger charge is 2.30. The average Bonchev–Trinajstić information content (AvgIpc) is 2.60. The smallest absolute Gasteiger partial charge is 0.262 e. The normalized spacial score (nSPS) is 18.7. The lowest BCUT2D eigenvalue weighted by atomic mass is 9.95. The molecule has 0 radical (unpaired) electrons. The van der Waals surface area contributed by atoms with Crippen molar-refractivity contribution in [3.05, 3.63) is 53.3 Å². The third-order valence-electron chi connectivity index (χ3n) is 4.65. The largest absolute Gasteiger partial charge is 0.482 e. The van der Waals surface area contributed by atoms with Gasteiger partial charge >= 0.3 is 0 Å². The van der Waals surface area contributed by atoms with Gasteiger partial charge in [0.25, 0.3) is 11.8 Å². The summed E-state index contributed by atoms with van der Waals surface area (Å²) in [5, 5.41) is 2.71. The van der Waals surface area contributed by atoms with E-state index in [0.29, 0.717) is 17.0 Å². The molecule has 0 fully saturated rings. The van der Waals surface area contributed by atoms with Crippen LogP contribution in [0.15, 0.2) is 36.4 Å². The SMILES string of the molecule is C[C@H]1CCc2cc(F)ccc2N1C(=O)c1ccc2c(c1)NC(=O)CO2. The first-order valence-electron chi connectivity index (χ1n) is 8.21. The number of nitrogens with zero attached hydrogens (tertiary/aromatic N) is 1. The molecule has 2 aliphatic rings. The van der Waals surface area contributed by atoms with E-state index in [1.54, 1.807) is 29.2 Å². The van der Waals surface area contributed by atoms with Crippen molar-refractivity contribution in [3.63, 3.8) is 0 Å². The van der Waals surface area contributed by atoms with Gasteiger partial charge in [-0.05, 0) is 61.7 Å².